The third-order valence-corrected chi connectivity index (χ3v) is 5.48. The maximum absolute atomic E-state index is 12.1. The molecule has 0 aliphatic heterocycles. The average Bonchev–Trinajstić information content (AvgIpc) is 2.99. The molecule has 0 aliphatic carbocycles. The minimum absolute atomic E-state index is 0.0704. The number of carboxylic acid groups (broad SMARTS) is 1. The number of rotatable bonds is 9. The molecule has 146 valence electrons. The number of aromatic nitrogens is 1. The second kappa shape index (κ2) is 9.50. The van der Waals surface area contributed by atoms with Gasteiger partial charge in [-0.3, -0.25) is 4.79 Å². The van der Waals surface area contributed by atoms with E-state index in [0.717, 1.165) is 41.1 Å². The molecule has 1 aromatic carbocycles. The van der Waals surface area contributed by atoms with E-state index in [0.29, 0.717) is 23.7 Å². The summed E-state index contributed by atoms with van der Waals surface area (Å²) in [4.78, 5) is 27.7. The number of benzene rings is 1. The van der Waals surface area contributed by atoms with Gasteiger partial charge >= 0.3 is 5.97 Å². The first-order chi connectivity index (χ1) is 12.8. The van der Waals surface area contributed by atoms with E-state index < -0.39 is 5.97 Å². The smallest absolute Gasteiger partial charge is 0.347 e. The second-order valence-corrected chi connectivity index (χ2v) is 7.67. The third-order valence-electron chi connectivity index (χ3n) is 4.15. The quantitative estimate of drug-likeness (QED) is 0.627. The lowest BCUT2D eigenvalue weighted by atomic mass is 10.1. The molecule has 1 amide bonds. The van der Waals surface area contributed by atoms with Crippen LogP contribution in [0.3, 0.4) is 0 Å². The number of hydrogen-bond acceptors (Lipinski definition) is 5. The van der Waals surface area contributed by atoms with Crippen molar-refractivity contribution in [1.29, 1.82) is 0 Å². The number of unbranched alkanes of at least 4 members (excludes halogenated alkanes) is 1. The fraction of sp³-hybridized carbons (Fsp3) is 0.450. The van der Waals surface area contributed by atoms with Gasteiger partial charge in [-0.15, -0.1) is 11.3 Å². The molecule has 0 spiro atoms. The van der Waals surface area contributed by atoms with Gasteiger partial charge in [0.15, 0.2) is 0 Å². The van der Waals surface area contributed by atoms with Gasteiger partial charge in [-0.25, -0.2) is 9.78 Å². The molecule has 0 radical (unpaired) electrons. The molecule has 0 fully saturated rings. The summed E-state index contributed by atoms with van der Waals surface area (Å²) in [6.45, 7) is 8.08. The second-order valence-electron chi connectivity index (χ2n) is 6.64. The predicted octanol–water partition coefficient (Wildman–Crippen LogP) is 4.19. The van der Waals surface area contributed by atoms with Crippen molar-refractivity contribution in [1.82, 2.24) is 10.3 Å². The number of aryl methyl sites for hydroxylation is 3. The highest BCUT2D eigenvalue weighted by Crippen LogP contribution is 2.23. The summed E-state index contributed by atoms with van der Waals surface area (Å²) in [5, 5.41) is 12.6. The summed E-state index contributed by atoms with van der Waals surface area (Å²) < 4.78 is 5.79. The topological polar surface area (TPSA) is 88.5 Å². The molecule has 2 N–H and O–H groups in total. The lowest BCUT2D eigenvalue weighted by Gasteiger charge is -2.12. The summed E-state index contributed by atoms with van der Waals surface area (Å²) >= 11 is 1.10. The van der Waals surface area contributed by atoms with Crippen LogP contribution in [0.25, 0.3) is 0 Å². The van der Waals surface area contributed by atoms with Crippen LogP contribution in [-0.4, -0.2) is 28.6 Å². The minimum Gasteiger partial charge on any atom is -0.493 e. The van der Waals surface area contributed by atoms with Crippen molar-refractivity contribution >= 4 is 23.2 Å². The monoisotopic (exact) mass is 390 g/mol. The zero-order valence-corrected chi connectivity index (χ0v) is 17.0. The highest BCUT2D eigenvalue weighted by Gasteiger charge is 2.19. The number of nitrogens with one attached hydrogen (secondary N) is 1. The number of carboxylic acids is 1. The van der Waals surface area contributed by atoms with Crippen molar-refractivity contribution in [2.24, 2.45) is 0 Å². The number of carbonyl (C=O) groups is 2. The first-order valence-corrected chi connectivity index (χ1v) is 9.79. The summed E-state index contributed by atoms with van der Waals surface area (Å²) in [6, 6.07) is 5.80. The van der Waals surface area contributed by atoms with Crippen molar-refractivity contribution < 1.29 is 19.4 Å². The molecule has 2 rings (SSSR count). The molecular weight excluding hydrogens is 364 g/mol. The number of nitrogens with zero attached hydrogens (tertiary/aromatic N) is 1. The van der Waals surface area contributed by atoms with Crippen LogP contribution in [0, 0.1) is 20.8 Å². The number of carbonyl (C=O) groups excluding carboxylic acids is 1. The van der Waals surface area contributed by atoms with E-state index in [-0.39, 0.29) is 16.8 Å². The maximum Gasteiger partial charge on any atom is 0.347 e. The lowest BCUT2D eigenvalue weighted by molar-refractivity contribution is -0.121. The van der Waals surface area contributed by atoms with Gasteiger partial charge in [-0.2, -0.15) is 0 Å². The molecule has 27 heavy (non-hydrogen) atoms. The van der Waals surface area contributed by atoms with Crippen LogP contribution < -0.4 is 10.1 Å². The Bertz CT molecular complexity index is 816. The van der Waals surface area contributed by atoms with Crippen LogP contribution >= 0.6 is 11.3 Å². The van der Waals surface area contributed by atoms with E-state index in [9.17, 15) is 9.59 Å². The minimum atomic E-state index is -0.987. The van der Waals surface area contributed by atoms with Gasteiger partial charge in [-0.05, 0) is 57.7 Å². The zero-order chi connectivity index (χ0) is 20.0. The standard InChI is InChI=1S/C20H26N2O4S/c1-12-8-9-13(2)16(11-12)26-10-6-5-7-17(23)21-15(4)19-22-14(3)18(27-19)20(24)25/h8-9,11,15H,5-7,10H2,1-4H3,(H,21,23)(H,24,25). The van der Waals surface area contributed by atoms with E-state index >= 15 is 0 Å². The van der Waals surface area contributed by atoms with Crippen molar-refractivity contribution in [2.75, 3.05) is 6.61 Å². The molecule has 1 heterocycles. The fourth-order valence-corrected chi connectivity index (χ4v) is 3.52. The van der Waals surface area contributed by atoms with Gasteiger partial charge in [0.25, 0.3) is 0 Å². The SMILES string of the molecule is Cc1ccc(C)c(OCCCCC(=O)NC(C)c2nc(C)c(C(=O)O)s2)c1. The Balaban J connectivity index is 1.72. The molecular formula is C20H26N2O4S. The van der Waals surface area contributed by atoms with Crippen molar-refractivity contribution in [3.63, 3.8) is 0 Å². The first-order valence-electron chi connectivity index (χ1n) is 8.98. The fourth-order valence-electron chi connectivity index (χ4n) is 2.61. The molecule has 1 atom stereocenters. The Labute approximate surface area is 163 Å². The number of hydrogen-bond donors (Lipinski definition) is 2. The van der Waals surface area contributed by atoms with Crippen LogP contribution in [0.5, 0.6) is 5.75 Å². The van der Waals surface area contributed by atoms with Gasteiger partial charge in [0.1, 0.15) is 15.6 Å². The highest BCUT2D eigenvalue weighted by atomic mass is 32.1. The van der Waals surface area contributed by atoms with Gasteiger partial charge in [-0.1, -0.05) is 12.1 Å². The van der Waals surface area contributed by atoms with Gasteiger partial charge in [0, 0.05) is 6.42 Å². The molecule has 0 bridgehead atoms. The van der Waals surface area contributed by atoms with E-state index in [4.69, 9.17) is 9.84 Å². The number of thiazole rings is 1. The Hall–Kier alpha value is -2.41. The predicted molar refractivity (Wildman–Crippen MR) is 106 cm³/mol. The maximum atomic E-state index is 12.1. The Morgan fingerprint density at radius 1 is 1.26 bits per heavy atom. The Morgan fingerprint density at radius 2 is 2.00 bits per heavy atom. The summed E-state index contributed by atoms with van der Waals surface area (Å²) in [5.41, 5.74) is 2.74. The van der Waals surface area contributed by atoms with Crippen LogP contribution in [0.15, 0.2) is 18.2 Å². The number of ether oxygens (including phenoxy) is 1. The summed E-state index contributed by atoms with van der Waals surface area (Å²) in [5.74, 6) is -0.168. The van der Waals surface area contributed by atoms with E-state index in [2.05, 4.69) is 16.4 Å². The van der Waals surface area contributed by atoms with Gasteiger partial charge in [0.2, 0.25) is 5.91 Å². The average molecular weight is 391 g/mol. The van der Waals surface area contributed by atoms with Crippen molar-refractivity contribution in [3.8, 4) is 5.75 Å². The van der Waals surface area contributed by atoms with Crippen LogP contribution in [0.4, 0.5) is 0 Å². The van der Waals surface area contributed by atoms with Crippen molar-refractivity contribution in [2.45, 2.75) is 53.0 Å². The molecule has 7 heteroatoms. The Morgan fingerprint density at radius 3 is 2.67 bits per heavy atom. The molecule has 0 saturated heterocycles. The molecule has 0 saturated carbocycles. The van der Waals surface area contributed by atoms with Crippen LogP contribution in [-0.2, 0) is 4.79 Å². The largest absolute Gasteiger partial charge is 0.493 e. The normalized spacial score (nSPS) is 11.9. The lowest BCUT2D eigenvalue weighted by Crippen LogP contribution is -2.26. The molecule has 2 aromatic rings. The van der Waals surface area contributed by atoms with E-state index in [1.807, 2.05) is 32.9 Å². The third kappa shape index (κ3) is 6.06. The van der Waals surface area contributed by atoms with Crippen molar-refractivity contribution in [3.05, 3.63) is 44.9 Å². The van der Waals surface area contributed by atoms with E-state index in [1.54, 1.807) is 6.92 Å². The first kappa shape index (κ1) is 20.9. The molecule has 6 nitrogen and oxygen atoms in total. The zero-order valence-electron chi connectivity index (χ0n) is 16.2. The van der Waals surface area contributed by atoms with Crippen LogP contribution in [0.2, 0.25) is 0 Å². The van der Waals surface area contributed by atoms with Gasteiger partial charge in [0.05, 0.1) is 18.3 Å². The van der Waals surface area contributed by atoms with Gasteiger partial charge < -0.3 is 15.2 Å². The molecule has 1 unspecified atom stereocenters. The number of amides is 1. The molecule has 1 aromatic heterocycles. The summed E-state index contributed by atoms with van der Waals surface area (Å²) in [7, 11) is 0. The highest BCUT2D eigenvalue weighted by molar-refractivity contribution is 7.13. The number of aromatic carboxylic acids is 1. The van der Waals surface area contributed by atoms with E-state index in [1.165, 1.54) is 0 Å². The van der Waals surface area contributed by atoms with Crippen LogP contribution in [0.1, 0.15) is 63.7 Å². The molecule has 0 aliphatic rings. The Kier molecular flexibility index (Phi) is 7.36. The summed E-state index contributed by atoms with van der Waals surface area (Å²) in [6.07, 6.45) is 1.91.